The summed E-state index contributed by atoms with van der Waals surface area (Å²) >= 11 is 6.87. The predicted octanol–water partition coefficient (Wildman–Crippen LogP) is 3.50. The molecule has 0 amide bonds. The quantitative estimate of drug-likeness (QED) is 0.362. The van der Waals surface area contributed by atoms with E-state index in [1.54, 1.807) is 6.07 Å². The minimum atomic E-state index is -0.565. The summed E-state index contributed by atoms with van der Waals surface area (Å²) in [5.41, 5.74) is 3.62. The number of nitrogens with one attached hydrogen (secondary N) is 1. The third-order valence-corrected chi connectivity index (χ3v) is 4.25. The minimum absolute atomic E-state index is 0.0559. The zero-order valence-corrected chi connectivity index (χ0v) is 14.3. The Morgan fingerprint density at radius 3 is 2.96 bits per heavy atom. The molecule has 0 aliphatic carbocycles. The number of methoxy groups -OCH3 is 1. The molecule has 24 heavy (non-hydrogen) atoms. The van der Waals surface area contributed by atoms with Crippen LogP contribution in [-0.2, 0) is 11.2 Å². The van der Waals surface area contributed by atoms with Crippen molar-refractivity contribution >= 4 is 45.9 Å². The summed E-state index contributed by atoms with van der Waals surface area (Å²) in [4.78, 5) is 26.6. The highest BCUT2D eigenvalue weighted by Gasteiger charge is 2.17. The van der Waals surface area contributed by atoms with Crippen LogP contribution >= 0.6 is 22.9 Å². The number of halogens is 1. The number of aromatic nitrogens is 1. The van der Waals surface area contributed by atoms with Crippen molar-refractivity contribution in [2.45, 2.75) is 13.3 Å². The highest BCUT2D eigenvalue weighted by Crippen LogP contribution is 2.25. The van der Waals surface area contributed by atoms with Gasteiger partial charge in [-0.05, 0) is 12.5 Å². The normalized spacial score (nSPS) is 10.8. The lowest BCUT2D eigenvalue weighted by atomic mass is 10.2. The number of hydrazone groups is 1. The van der Waals surface area contributed by atoms with Crippen LogP contribution in [0.25, 0.3) is 0 Å². The molecule has 0 atom stereocenters. The molecule has 1 heterocycles. The molecule has 0 aliphatic heterocycles. The maximum absolute atomic E-state index is 11.6. The van der Waals surface area contributed by atoms with E-state index < -0.39 is 10.9 Å². The van der Waals surface area contributed by atoms with E-state index >= 15 is 0 Å². The van der Waals surface area contributed by atoms with Gasteiger partial charge >= 0.3 is 5.97 Å². The van der Waals surface area contributed by atoms with Crippen LogP contribution < -0.4 is 5.43 Å². The van der Waals surface area contributed by atoms with Gasteiger partial charge in [0.2, 0.25) is 5.13 Å². The first-order valence-corrected chi connectivity index (χ1v) is 7.96. The van der Waals surface area contributed by atoms with E-state index in [0.29, 0.717) is 27.7 Å². The third kappa shape index (κ3) is 4.06. The summed E-state index contributed by atoms with van der Waals surface area (Å²) in [6.07, 6.45) is 1.98. The number of rotatable bonds is 6. The number of ether oxygens (including phenoxy) is 1. The summed E-state index contributed by atoms with van der Waals surface area (Å²) in [6.45, 7) is 1.88. The lowest BCUT2D eigenvalue weighted by Crippen LogP contribution is -2.01. The molecule has 0 spiro atoms. The number of benzene rings is 1. The van der Waals surface area contributed by atoms with Gasteiger partial charge in [0.15, 0.2) is 0 Å². The molecule has 2 rings (SSSR count). The van der Waals surface area contributed by atoms with Gasteiger partial charge in [-0.3, -0.25) is 15.5 Å². The smallest absolute Gasteiger partial charge is 0.350 e. The zero-order valence-electron chi connectivity index (χ0n) is 12.8. The summed E-state index contributed by atoms with van der Waals surface area (Å²) in [6, 6.07) is 4.33. The number of anilines is 1. The lowest BCUT2D eigenvalue weighted by molar-refractivity contribution is -0.384. The number of thiazole rings is 1. The van der Waals surface area contributed by atoms with Crippen LogP contribution in [0.5, 0.6) is 0 Å². The Hall–Kier alpha value is -2.52. The van der Waals surface area contributed by atoms with E-state index in [0.717, 1.165) is 11.3 Å². The van der Waals surface area contributed by atoms with Crippen molar-refractivity contribution in [1.82, 2.24) is 4.98 Å². The predicted molar refractivity (Wildman–Crippen MR) is 92.2 cm³/mol. The molecular formula is C14H13ClN4O4S. The minimum Gasteiger partial charge on any atom is -0.465 e. The molecule has 0 saturated carbocycles. The second-order valence-corrected chi connectivity index (χ2v) is 5.88. The van der Waals surface area contributed by atoms with Crippen molar-refractivity contribution in [1.29, 1.82) is 0 Å². The van der Waals surface area contributed by atoms with Crippen LogP contribution in [0, 0.1) is 10.1 Å². The van der Waals surface area contributed by atoms with Crippen LogP contribution in [0.1, 0.15) is 27.9 Å². The Labute approximate surface area is 146 Å². The second-order valence-electron chi connectivity index (χ2n) is 4.48. The first kappa shape index (κ1) is 17.8. The Morgan fingerprint density at radius 2 is 2.33 bits per heavy atom. The van der Waals surface area contributed by atoms with Crippen molar-refractivity contribution in [3.63, 3.8) is 0 Å². The van der Waals surface area contributed by atoms with E-state index in [1.165, 1.54) is 25.5 Å². The van der Waals surface area contributed by atoms with Crippen molar-refractivity contribution in [3.05, 3.63) is 49.5 Å². The largest absolute Gasteiger partial charge is 0.465 e. The second kappa shape index (κ2) is 7.84. The first-order valence-electron chi connectivity index (χ1n) is 6.77. The Bertz CT molecular complexity index is 806. The molecule has 0 aliphatic rings. The van der Waals surface area contributed by atoms with Crippen LogP contribution in [0.3, 0.4) is 0 Å². The Kier molecular flexibility index (Phi) is 5.83. The Balaban J connectivity index is 2.15. The highest BCUT2D eigenvalue weighted by atomic mass is 35.5. The molecule has 10 heteroatoms. The van der Waals surface area contributed by atoms with Crippen LogP contribution in [0.4, 0.5) is 10.8 Å². The standard InChI is InChI=1S/C14H13ClN4O4S/c1-3-10-12(13(20)23-2)24-14(17-10)18-16-7-8-4-5-9(15)11(6-8)19(21)22/h4-7H,3H2,1-2H3,(H,17,18)/b16-7-. The average molecular weight is 369 g/mol. The van der Waals surface area contributed by atoms with Crippen molar-refractivity contribution in [2.75, 3.05) is 12.5 Å². The number of carbonyl (C=O) groups excluding carboxylic acids is 1. The number of nitrogens with zero attached hydrogens (tertiary/aromatic N) is 3. The summed E-state index contributed by atoms with van der Waals surface area (Å²) in [5.74, 6) is -0.449. The van der Waals surface area contributed by atoms with E-state index in [4.69, 9.17) is 16.3 Å². The Morgan fingerprint density at radius 1 is 1.58 bits per heavy atom. The maximum Gasteiger partial charge on any atom is 0.350 e. The molecule has 0 saturated heterocycles. The van der Waals surface area contributed by atoms with Crippen LogP contribution in [-0.4, -0.2) is 29.2 Å². The highest BCUT2D eigenvalue weighted by molar-refractivity contribution is 7.17. The van der Waals surface area contributed by atoms with Crippen molar-refractivity contribution < 1.29 is 14.5 Å². The number of hydrogen-bond acceptors (Lipinski definition) is 8. The van der Waals surface area contributed by atoms with Gasteiger partial charge in [0.25, 0.3) is 5.69 Å². The monoisotopic (exact) mass is 368 g/mol. The van der Waals surface area contributed by atoms with Crippen molar-refractivity contribution in [3.8, 4) is 0 Å². The zero-order chi connectivity index (χ0) is 17.7. The van der Waals surface area contributed by atoms with Gasteiger partial charge in [-0.1, -0.05) is 35.9 Å². The number of carbonyl (C=O) groups is 1. The number of esters is 1. The molecule has 2 aromatic rings. The average Bonchev–Trinajstić information content (AvgIpc) is 2.98. The fraction of sp³-hybridized carbons (Fsp3) is 0.214. The molecule has 0 fully saturated rings. The van der Waals surface area contributed by atoms with Gasteiger partial charge in [-0.2, -0.15) is 5.10 Å². The van der Waals surface area contributed by atoms with Crippen LogP contribution in [0.15, 0.2) is 23.3 Å². The molecule has 0 bridgehead atoms. The third-order valence-electron chi connectivity index (χ3n) is 2.94. The summed E-state index contributed by atoms with van der Waals surface area (Å²) < 4.78 is 4.70. The summed E-state index contributed by atoms with van der Waals surface area (Å²) in [5, 5.41) is 15.3. The topological polar surface area (TPSA) is 107 Å². The molecule has 0 radical (unpaired) electrons. The molecule has 1 N–H and O–H groups in total. The van der Waals surface area contributed by atoms with E-state index in [9.17, 15) is 14.9 Å². The molecule has 126 valence electrons. The van der Waals surface area contributed by atoms with Crippen LogP contribution in [0.2, 0.25) is 5.02 Å². The first-order chi connectivity index (χ1) is 11.5. The molecular weight excluding hydrogens is 356 g/mol. The molecule has 8 nitrogen and oxygen atoms in total. The van der Waals surface area contributed by atoms with E-state index in [2.05, 4.69) is 15.5 Å². The van der Waals surface area contributed by atoms with E-state index in [1.807, 2.05) is 6.92 Å². The van der Waals surface area contributed by atoms with E-state index in [-0.39, 0.29) is 10.7 Å². The van der Waals surface area contributed by atoms with Gasteiger partial charge < -0.3 is 4.74 Å². The fourth-order valence-corrected chi connectivity index (χ4v) is 2.91. The van der Waals surface area contributed by atoms with Crippen molar-refractivity contribution in [2.24, 2.45) is 5.10 Å². The SMILES string of the molecule is CCc1nc(N/N=C\c2ccc(Cl)c([N+](=O)[O-])c2)sc1C(=O)OC. The summed E-state index contributed by atoms with van der Waals surface area (Å²) in [7, 11) is 1.31. The number of nitro benzene ring substituents is 1. The number of nitro groups is 1. The number of hydrogen-bond donors (Lipinski definition) is 1. The van der Waals surface area contributed by atoms with Gasteiger partial charge in [-0.15, -0.1) is 0 Å². The molecule has 1 aromatic carbocycles. The van der Waals surface area contributed by atoms with Gasteiger partial charge in [0.1, 0.15) is 9.90 Å². The lowest BCUT2D eigenvalue weighted by Gasteiger charge is -1.97. The van der Waals surface area contributed by atoms with Gasteiger partial charge in [-0.25, -0.2) is 9.78 Å². The fourth-order valence-electron chi connectivity index (χ4n) is 1.80. The number of aryl methyl sites for hydroxylation is 1. The maximum atomic E-state index is 11.6. The molecule has 0 unspecified atom stereocenters. The van der Waals surface area contributed by atoms with Gasteiger partial charge in [0, 0.05) is 11.6 Å². The van der Waals surface area contributed by atoms with Gasteiger partial charge in [0.05, 0.1) is 23.9 Å². The molecule has 1 aromatic heterocycles.